The van der Waals surface area contributed by atoms with Crippen molar-refractivity contribution in [1.29, 1.82) is 0 Å². The molecule has 0 amide bonds. The molecule has 1 fully saturated rings. The fourth-order valence-corrected chi connectivity index (χ4v) is 3.44. The van der Waals surface area contributed by atoms with E-state index < -0.39 is 0 Å². The fraction of sp³-hybridized carbons (Fsp3) is 0.524. The molecule has 8 heteroatoms. The predicted octanol–water partition coefficient (Wildman–Crippen LogP) is 2.91. The van der Waals surface area contributed by atoms with E-state index in [2.05, 4.69) is 28.0 Å². The van der Waals surface area contributed by atoms with Crippen molar-refractivity contribution in [2.75, 3.05) is 36.8 Å². The van der Waals surface area contributed by atoms with Crippen LogP contribution in [0, 0.1) is 5.92 Å². The van der Waals surface area contributed by atoms with Crippen molar-refractivity contribution in [2.45, 2.75) is 39.7 Å². The van der Waals surface area contributed by atoms with Crippen molar-refractivity contribution < 1.29 is 9.50 Å². The number of nitrogens with zero attached hydrogens (tertiary/aromatic N) is 3. The van der Waals surface area contributed by atoms with Crippen LogP contribution in [-0.2, 0) is 6.42 Å². The van der Waals surface area contributed by atoms with Gasteiger partial charge in [-0.25, -0.2) is 9.37 Å². The van der Waals surface area contributed by atoms with Crippen LogP contribution in [0.4, 0.5) is 16.0 Å². The van der Waals surface area contributed by atoms with E-state index in [1.807, 2.05) is 12.3 Å². The van der Waals surface area contributed by atoms with Gasteiger partial charge in [0.1, 0.15) is 17.5 Å². The van der Waals surface area contributed by atoms with Crippen LogP contribution in [0.2, 0.25) is 0 Å². The number of hydrogen-bond donors (Lipinski definition) is 4. The zero-order chi connectivity index (χ0) is 20.8. The molecular formula is C21H31FN6O. The smallest absolute Gasteiger partial charge is 0.162 e. The third kappa shape index (κ3) is 5.13. The molecule has 1 aliphatic rings. The van der Waals surface area contributed by atoms with Crippen molar-refractivity contribution in [3.8, 4) is 0 Å². The number of β-amino-alcohol motifs (C(OH)–C–C–N with tert-alkyl or cyclic N) is 1. The molecule has 3 rings (SSSR count). The molecule has 2 aromatic rings. The predicted molar refractivity (Wildman–Crippen MR) is 115 cm³/mol. The number of nitrogens with one attached hydrogen (secondary N) is 3. The molecule has 0 radical (unpaired) electrons. The highest BCUT2D eigenvalue weighted by Crippen LogP contribution is 2.21. The van der Waals surface area contributed by atoms with Crippen LogP contribution in [0.1, 0.15) is 32.8 Å². The molecule has 0 bridgehead atoms. The summed E-state index contributed by atoms with van der Waals surface area (Å²) in [5, 5.41) is 24.5. The fourth-order valence-electron chi connectivity index (χ4n) is 3.44. The van der Waals surface area contributed by atoms with Gasteiger partial charge in [-0.1, -0.05) is 13.0 Å². The van der Waals surface area contributed by atoms with E-state index in [0.29, 0.717) is 25.2 Å². The Morgan fingerprint density at radius 2 is 2.28 bits per heavy atom. The molecule has 4 N–H and O–H groups in total. The number of anilines is 2. The summed E-state index contributed by atoms with van der Waals surface area (Å²) in [6.07, 6.45) is 6.34. The third-order valence-electron chi connectivity index (χ3n) is 5.32. The number of piperidine rings is 1. The van der Waals surface area contributed by atoms with Gasteiger partial charge in [-0.3, -0.25) is 0 Å². The van der Waals surface area contributed by atoms with Gasteiger partial charge < -0.3 is 21.1 Å². The summed E-state index contributed by atoms with van der Waals surface area (Å²) in [5.74, 6) is 1.41. The minimum atomic E-state index is -0.360. The average Bonchev–Trinajstić information content (AvgIpc) is 3.14. The topological polar surface area (TPSA) is 86.5 Å². The SMILES string of the molecule is C/C=C\C(F)=C(/C)CNc1cc(NC[C@H]2CCNC[C@@H]2O)nc2c(CC)cnn12. The van der Waals surface area contributed by atoms with Crippen LogP contribution in [0.15, 0.2) is 35.8 Å². The Balaban J connectivity index is 1.82. The number of rotatable bonds is 8. The van der Waals surface area contributed by atoms with E-state index in [1.54, 1.807) is 24.4 Å². The van der Waals surface area contributed by atoms with Crippen molar-refractivity contribution in [2.24, 2.45) is 5.92 Å². The summed E-state index contributed by atoms with van der Waals surface area (Å²) >= 11 is 0. The molecule has 158 valence electrons. The Labute approximate surface area is 171 Å². The summed E-state index contributed by atoms with van der Waals surface area (Å²) in [5.41, 5.74) is 2.44. The molecule has 0 aliphatic carbocycles. The molecule has 7 nitrogen and oxygen atoms in total. The lowest BCUT2D eigenvalue weighted by Crippen LogP contribution is -2.43. The minimum absolute atomic E-state index is 0.182. The lowest BCUT2D eigenvalue weighted by molar-refractivity contribution is 0.0883. The molecule has 0 unspecified atom stereocenters. The Morgan fingerprint density at radius 1 is 1.45 bits per heavy atom. The molecule has 29 heavy (non-hydrogen) atoms. The Kier molecular flexibility index (Phi) is 7.22. The number of aryl methyl sites for hydroxylation is 1. The van der Waals surface area contributed by atoms with Crippen LogP contribution >= 0.6 is 0 Å². The Bertz CT molecular complexity index is 891. The van der Waals surface area contributed by atoms with Crippen molar-refractivity contribution in [3.63, 3.8) is 0 Å². The van der Waals surface area contributed by atoms with Crippen molar-refractivity contribution >= 4 is 17.3 Å². The monoisotopic (exact) mass is 402 g/mol. The second-order valence-electron chi connectivity index (χ2n) is 7.47. The largest absolute Gasteiger partial charge is 0.391 e. The maximum atomic E-state index is 14.0. The second-order valence-corrected chi connectivity index (χ2v) is 7.47. The maximum absolute atomic E-state index is 14.0. The molecule has 0 saturated carbocycles. The summed E-state index contributed by atoms with van der Waals surface area (Å²) in [4.78, 5) is 4.72. The number of allylic oxidation sites excluding steroid dienone is 3. The summed E-state index contributed by atoms with van der Waals surface area (Å²) < 4.78 is 15.7. The standard InChI is InChI=1S/C21H31FN6O/c1-4-6-17(22)14(3)10-25-20-9-19(24-11-16-7-8-23-13-18(16)29)27-21-15(5-2)12-26-28(20)21/h4,6,9,12,16,18,23,25,29H,5,7-8,10-11,13H2,1-3H3,(H,24,27)/b6-4-,17-14-/t16-,18+/m1/s1. The minimum Gasteiger partial charge on any atom is -0.391 e. The number of aliphatic hydroxyl groups excluding tert-OH is 1. The number of halogens is 1. The Hall–Kier alpha value is -2.45. The molecule has 2 aromatic heterocycles. The van der Waals surface area contributed by atoms with Gasteiger partial charge in [-0.05, 0) is 44.9 Å². The normalized spacial score (nSPS) is 20.9. The van der Waals surface area contributed by atoms with E-state index in [9.17, 15) is 9.50 Å². The van der Waals surface area contributed by atoms with Crippen molar-refractivity contribution in [1.82, 2.24) is 19.9 Å². The average molecular weight is 403 g/mol. The highest BCUT2D eigenvalue weighted by atomic mass is 19.1. The Morgan fingerprint density at radius 3 is 3.00 bits per heavy atom. The lowest BCUT2D eigenvalue weighted by atomic mass is 9.95. The summed E-state index contributed by atoms with van der Waals surface area (Å²) in [7, 11) is 0. The van der Waals surface area contributed by atoms with Crippen LogP contribution < -0.4 is 16.0 Å². The van der Waals surface area contributed by atoms with Crippen LogP contribution in [0.25, 0.3) is 5.65 Å². The summed E-state index contributed by atoms with van der Waals surface area (Å²) in [6, 6.07) is 1.88. The van der Waals surface area contributed by atoms with Gasteiger partial charge in [0.25, 0.3) is 0 Å². The highest BCUT2D eigenvalue weighted by Gasteiger charge is 2.22. The quantitative estimate of drug-likeness (QED) is 0.508. The highest BCUT2D eigenvalue weighted by molar-refractivity contribution is 5.60. The van der Waals surface area contributed by atoms with Gasteiger partial charge >= 0.3 is 0 Å². The first-order chi connectivity index (χ1) is 14.0. The molecular weight excluding hydrogens is 371 g/mol. The zero-order valence-electron chi connectivity index (χ0n) is 17.4. The van der Waals surface area contributed by atoms with Crippen molar-refractivity contribution in [3.05, 3.63) is 41.4 Å². The number of fused-ring (bicyclic) bond motifs is 1. The van der Waals surface area contributed by atoms with Crippen LogP contribution in [0.3, 0.4) is 0 Å². The van der Waals surface area contributed by atoms with Crippen LogP contribution in [-0.4, -0.2) is 52.0 Å². The summed E-state index contributed by atoms with van der Waals surface area (Å²) in [6.45, 7) is 8.17. The van der Waals surface area contributed by atoms with Gasteiger partial charge in [-0.2, -0.15) is 9.61 Å². The molecule has 1 aliphatic heterocycles. The van der Waals surface area contributed by atoms with E-state index in [0.717, 1.165) is 42.2 Å². The zero-order valence-corrected chi connectivity index (χ0v) is 17.4. The first-order valence-electron chi connectivity index (χ1n) is 10.3. The van der Waals surface area contributed by atoms with Gasteiger partial charge in [-0.15, -0.1) is 0 Å². The van der Waals surface area contributed by atoms with Gasteiger partial charge in [0.15, 0.2) is 5.65 Å². The lowest BCUT2D eigenvalue weighted by Gasteiger charge is -2.28. The molecule has 0 spiro atoms. The molecule has 0 aromatic carbocycles. The van der Waals surface area contributed by atoms with Gasteiger partial charge in [0, 0.05) is 37.2 Å². The van der Waals surface area contributed by atoms with Gasteiger partial charge in [0.2, 0.25) is 0 Å². The molecule has 3 heterocycles. The first-order valence-corrected chi connectivity index (χ1v) is 10.3. The molecule has 1 saturated heterocycles. The van der Waals surface area contributed by atoms with Gasteiger partial charge in [0.05, 0.1) is 12.3 Å². The van der Waals surface area contributed by atoms with E-state index >= 15 is 0 Å². The van der Waals surface area contributed by atoms with Crippen LogP contribution in [0.5, 0.6) is 0 Å². The number of aromatic nitrogens is 3. The van der Waals surface area contributed by atoms with E-state index in [-0.39, 0.29) is 17.8 Å². The third-order valence-corrected chi connectivity index (χ3v) is 5.32. The number of aliphatic hydroxyl groups is 1. The first kappa shape index (κ1) is 21.3. The number of hydrogen-bond acceptors (Lipinski definition) is 6. The molecule has 2 atom stereocenters. The van der Waals surface area contributed by atoms with E-state index in [1.165, 1.54) is 6.08 Å². The maximum Gasteiger partial charge on any atom is 0.162 e. The second kappa shape index (κ2) is 9.84. The van der Waals surface area contributed by atoms with E-state index in [4.69, 9.17) is 4.98 Å².